The monoisotopic (exact) mass is 412 g/mol. The molecule has 0 unspecified atom stereocenters. The summed E-state index contributed by atoms with van der Waals surface area (Å²) < 4.78 is 30.7. The minimum Gasteiger partial charge on any atom is -0.467 e. The molecule has 0 aliphatic rings. The Morgan fingerprint density at radius 3 is 2.54 bits per heavy atom. The molecule has 0 spiro atoms. The van der Waals surface area contributed by atoms with Crippen LogP contribution in [0.3, 0.4) is 0 Å². The standard InChI is InChI=1S/C20H16N2O4S2/c1-28(24,25)18-11-5-2-8-15(18)19(23)22(13-14-7-6-12-26-14)20-21-16-9-3-4-10-17(16)27-20/h2-12H,13H2,1H3. The average Bonchev–Trinajstić information content (AvgIpc) is 3.34. The second kappa shape index (κ2) is 7.21. The average molecular weight is 412 g/mol. The maximum Gasteiger partial charge on any atom is 0.261 e. The number of benzene rings is 2. The van der Waals surface area contributed by atoms with Crippen LogP contribution in [-0.4, -0.2) is 25.6 Å². The fourth-order valence-electron chi connectivity index (χ4n) is 2.87. The number of thiazole rings is 1. The van der Waals surface area contributed by atoms with Gasteiger partial charge in [0.2, 0.25) is 0 Å². The molecule has 4 rings (SSSR count). The van der Waals surface area contributed by atoms with E-state index in [1.54, 1.807) is 24.3 Å². The van der Waals surface area contributed by atoms with Gasteiger partial charge in [-0.15, -0.1) is 0 Å². The van der Waals surface area contributed by atoms with Gasteiger partial charge in [-0.3, -0.25) is 9.69 Å². The summed E-state index contributed by atoms with van der Waals surface area (Å²) >= 11 is 1.37. The molecule has 0 aliphatic heterocycles. The Balaban J connectivity index is 1.83. The molecule has 0 radical (unpaired) electrons. The molecule has 0 fully saturated rings. The number of hydrogen-bond acceptors (Lipinski definition) is 6. The summed E-state index contributed by atoms with van der Waals surface area (Å²) in [7, 11) is -3.57. The molecule has 8 heteroatoms. The molecule has 0 N–H and O–H groups in total. The van der Waals surface area contributed by atoms with Gasteiger partial charge < -0.3 is 4.42 Å². The largest absolute Gasteiger partial charge is 0.467 e. The highest BCUT2D eigenvalue weighted by Crippen LogP contribution is 2.31. The van der Waals surface area contributed by atoms with E-state index in [2.05, 4.69) is 4.98 Å². The summed E-state index contributed by atoms with van der Waals surface area (Å²) in [6.45, 7) is 0.143. The normalized spacial score (nSPS) is 11.6. The lowest BCUT2D eigenvalue weighted by atomic mass is 10.2. The second-order valence-corrected chi connectivity index (χ2v) is 9.20. The Kier molecular flexibility index (Phi) is 4.74. The molecular weight excluding hydrogens is 396 g/mol. The Bertz CT molecular complexity index is 1210. The third-order valence-corrected chi connectivity index (χ3v) is 6.38. The van der Waals surface area contributed by atoms with E-state index in [4.69, 9.17) is 4.42 Å². The van der Waals surface area contributed by atoms with Crippen molar-refractivity contribution in [2.24, 2.45) is 0 Å². The van der Waals surface area contributed by atoms with E-state index in [0.29, 0.717) is 10.9 Å². The molecule has 1 amide bonds. The first kappa shape index (κ1) is 18.4. The van der Waals surface area contributed by atoms with Crippen molar-refractivity contribution in [2.75, 3.05) is 11.2 Å². The molecule has 0 bridgehead atoms. The van der Waals surface area contributed by atoms with Crippen molar-refractivity contribution in [1.29, 1.82) is 0 Å². The first-order chi connectivity index (χ1) is 13.4. The molecule has 0 atom stereocenters. The minimum absolute atomic E-state index is 0.00874. The van der Waals surface area contributed by atoms with Crippen molar-refractivity contribution in [3.8, 4) is 0 Å². The van der Waals surface area contributed by atoms with Crippen LogP contribution in [0.4, 0.5) is 5.13 Å². The molecule has 2 aromatic heterocycles. The van der Waals surface area contributed by atoms with E-state index >= 15 is 0 Å². The summed E-state index contributed by atoms with van der Waals surface area (Å²) in [5.41, 5.74) is 0.881. The third-order valence-electron chi connectivity index (χ3n) is 4.17. The molecule has 2 aromatic carbocycles. The van der Waals surface area contributed by atoms with Crippen LogP contribution in [0, 0.1) is 0 Å². The van der Waals surface area contributed by atoms with Gasteiger partial charge in [-0.25, -0.2) is 13.4 Å². The molecular formula is C20H16N2O4S2. The summed E-state index contributed by atoms with van der Waals surface area (Å²) in [6, 6.07) is 17.3. The van der Waals surface area contributed by atoms with Gasteiger partial charge in [0.25, 0.3) is 5.91 Å². The van der Waals surface area contributed by atoms with Gasteiger partial charge in [-0.1, -0.05) is 35.6 Å². The number of rotatable bonds is 5. The van der Waals surface area contributed by atoms with Crippen LogP contribution in [0.5, 0.6) is 0 Å². The number of aromatic nitrogens is 1. The van der Waals surface area contributed by atoms with Crippen LogP contribution in [0.25, 0.3) is 10.2 Å². The van der Waals surface area contributed by atoms with Gasteiger partial charge in [0.05, 0.1) is 33.5 Å². The quantitative estimate of drug-likeness (QED) is 0.492. The van der Waals surface area contributed by atoms with Crippen LogP contribution in [0.1, 0.15) is 16.1 Å². The SMILES string of the molecule is CS(=O)(=O)c1ccccc1C(=O)N(Cc1ccco1)c1nc2ccccc2s1. The predicted octanol–water partition coefficient (Wildman–Crippen LogP) is 4.14. The zero-order valence-electron chi connectivity index (χ0n) is 14.9. The van der Waals surface area contributed by atoms with Crippen LogP contribution in [-0.2, 0) is 16.4 Å². The number of carbonyl (C=O) groups excluding carboxylic acids is 1. The lowest BCUT2D eigenvalue weighted by Gasteiger charge is -2.20. The van der Waals surface area contributed by atoms with Gasteiger partial charge in [0.15, 0.2) is 15.0 Å². The smallest absolute Gasteiger partial charge is 0.261 e. The number of furan rings is 1. The second-order valence-electron chi connectivity index (χ2n) is 6.20. The number of anilines is 1. The molecule has 142 valence electrons. The molecule has 6 nitrogen and oxygen atoms in total. The fraction of sp³-hybridized carbons (Fsp3) is 0.100. The van der Waals surface area contributed by atoms with Crippen LogP contribution in [0.2, 0.25) is 0 Å². The number of nitrogens with zero attached hydrogens (tertiary/aromatic N) is 2. The van der Waals surface area contributed by atoms with Gasteiger partial charge >= 0.3 is 0 Å². The topological polar surface area (TPSA) is 80.5 Å². The van der Waals surface area contributed by atoms with Gasteiger partial charge in [0, 0.05) is 6.26 Å². The van der Waals surface area contributed by atoms with E-state index in [-0.39, 0.29) is 17.0 Å². The molecule has 28 heavy (non-hydrogen) atoms. The number of amides is 1. The highest BCUT2D eigenvalue weighted by atomic mass is 32.2. The maximum atomic E-state index is 13.4. The highest BCUT2D eigenvalue weighted by molar-refractivity contribution is 7.90. The molecule has 2 heterocycles. The van der Waals surface area contributed by atoms with Gasteiger partial charge in [-0.05, 0) is 36.4 Å². The number of sulfone groups is 1. The predicted molar refractivity (Wildman–Crippen MR) is 108 cm³/mol. The Hall–Kier alpha value is -2.97. The van der Waals surface area contributed by atoms with Crippen molar-refractivity contribution in [3.63, 3.8) is 0 Å². The molecule has 0 saturated heterocycles. The van der Waals surface area contributed by atoms with Crippen molar-refractivity contribution in [3.05, 3.63) is 78.3 Å². The van der Waals surface area contributed by atoms with E-state index < -0.39 is 15.7 Å². The van der Waals surface area contributed by atoms with E-state index in [1.165, 1.54) is 34.6 Å². The number of para-hydroxylation sites is 1. The van der Waals surface area contributed by atoms with E-state index in [1.807, 2.05) is 24.3 Å². The Morgan fingerprint density at radius 2 is 1.82 bits per heavy atom. The van der Waals surface area contributed by atoms with E-state index in [0.717, 1.165) is 16.5 Å². The summed E-state index contributed by atoms with van der Waals surface area (Å²) in [6.07, 6.45) is 2.62. The number of carbonyl (C=O) groups is 1. The summed E-state index contributed by atoms with van der Waals surface area (Å²) in [5.74, 6) is 0.126. The molecule has 0 aliphatic carbocycles. The fourth-order valence-corrected chi connectivity index (χ4v) is 4.72. The van der Waals surface area contributed by atoms with Crippen molar-refractivity contribution in [2.45, 2.75) is 11.4 Å². The Labute approximate surface area is 166 Å². The number of hydrogen-bond donors (Lipinski definition) is 0. The molecule has 0 saturated carbocycles. The van der Waals surface area contributed by atoms with E-state index in [9.17, 15) is 13.2 Å². The minimum atomic E-state index is -3.57. The van der Waals surface area contributed by atoms with Crippen LogP contribution in [0.15, 0.2) is 76.2 Å². The summed E-state index contributed by atoms with van der Waals surface area (Å²) in [5, 5.41) is 0.478. The van der Waals surface area contributed by atoms with Crippen molar-refractivity contribution in [1.82, 2.24) is 4.98 Å². The van der Waals surface area contributed by atoms with Crippen molar-refractivity contribution >= 4 is 42.4 Å². The lowest BCUT2D eigenvalue weighted by Crippen LogP contribution is -2.31. The lowest BCUT2D eigenvalue weighted by molar-refractivity contribution is 0.0980. The Morgan fingerprint density at radius 1 is 1.07 bits per heavy atom. The van der Waals surface area contributed by atoms with Crippen LogP contribution >= 0.6 is 11.3 Å². The van der Waals surface area contributed by atoms with Crippen LogP contribution < -0.4 is 4.90 Å². The first-order valence-corrected chi connectivity index (χ1v) is 11.1. The molecule has 4 aromatic rings. The number of fused-ring (bicyclic) bond motifs is 1. The van der Waals surface area contributed by atoms with Crippen molar-refractivity contribution < 1.29 is 17.6 Å². The zero-order valence-corrected chi connectivity index (χ0v) is 16.5. The summed E-state index contributed by atoms with van der Waals surface area (Å²) in [4.78, 5) is 19.4. The first-order valence-electron chi connectivity index (χ1n) is 8.42. The van der Waals surface area contributed by atoms with Gasteiger partial charge in [0.1, 0.15) is 5.76 Å². The maximum absolute atomic E-state index is 13.4. The highest BCUT2D eigenvalue weighted by Gasteiger charge is 2.27. The van der Waals surface area contributed by atoms with Gasteiger partial charge in [-0.2, -0.15) is 0 Å². The zero-order chi connectivity index (χ0) is 19.7. The third kappa shape index (κ3) is 3.56.